The normalized spacial score (nSPS) is 16.6. The van der Waals surface area contributed by atoms with E-state index in [-0.39, 0.29) is 11.8 Å². The van der Waals surface area contributed by atoms with E-state index in [4.69, 9.17) is 10.00 Å². The molecule has 0 bridgehead atoms. The maximum atomic E-state index is 12.2. The number of ether oxygens (including phenoxy) is 1. The van der Waals surface area contributed by atoms with Crippen molar-refractivity contribution in [2.75, 3.05) is 11.9 Å². The molecule has 0 spiro atoms. The van der Waals surface area contributed by atoms with E-state index in [1.54, 1.807) is 0 Å². The molecule has 1 aliphatic heterocycles. The van der Waals surface area contributed by atoms with Crippen molar-refractivity contribution in [2.45, 2.75) is 6.42 Å². The van der Waals surface area contributed by atoms with Crippen molar-refractivity contribution in [3.63, 3.8) is 0 Å². The molecule has 0 radical (unpaired) electrons. The Morgan fingerprint density at radius 2 is 2.35 bits per heavy atom. The van der Waals surface area contributed by atoms with E-state index in [1.807, 2.05) is 30.3 Å². The molecule has 6 nitrogen and oxygen atoms in total. The zero-order valence-electron chi connectivity index (χ0n) is 10.6. The third-order valence-corrected chi connectivity index (χ3v) is 3.26. The minimum atomic E-state index is -0.278. The highest BCUT2D eigenvalue weighted by Gasteiger charge is 2.26. The number of anilines is 1. The first kappa shape index (κ1) is 12.2. The number of para-hydroxylation sites is 1. The van der Waals surface area contributed by atoms with Crippen molar-refractivity contribution in [3.8, 4) is 11.8 Å². The molecule has 3 rings (SSSR count). The molecular weight excluding hydrogens is 256 g/mol. The van der Waals surface area contributed by atoms with Crippen LogP contribution in [0.25, 0.3) is 0 Å². The lowest BCUT2D eigenvalue weighted by molar-refractivity contribution is -0.121. The quantitative estimate of drug-likeness (QED) is 0.862. The van der Waals surface area contributed by atoms with E-state index in [2.05, 4.69) is 15.5 Å². The van der Waals surface area contributed by atoms with E-state index in [9.17, 15) is 4.79 Å². The Labute approximate surface area is 115 Å². The van der Waals surface area contributed by atoms with Gasteiger partial charge in [-0.2, -0.15) is 10.4 Å². The number of H-pyrrole nitrogens is 1. The number of benzene rings is 1. The Kier molecular flexibility index (Phi) is 3.09. The van der Waals surface area contributed by atoms with Crippen molar-refractivity contribution >= 4 is 11.7 Å². The Morgan fingerprint density at radius 1 is 1.50 bits per heavy atom. The first-order valence-corrected chi connectivity index (χ1v) is 6.23. The molecule has 0 fully saturated rings. The fraction of sp³-hybridized carbons (Fsp3) is 0.214. The van der Waals surface area contributed by atoms with Gasteiger partial charge in [0.25, 0.3) is 0 Å². The molecule has 1 aromatic heterocycles. The lowest BCUT2D eigenvalue weighted by atomic mass is 9.96. The van der Waals surface area contributed by atoms with Gasteiger partial charge in [-0.15, -0.1) is 0 Å². The maximum absolute atomic E-state index is 12.2. The van der Waals surface area contributed by atoms with Crippen molar-refractivity contribution in [1.82, 2.24) is 10.2 Å². The van der Waals surface area contributed by atoms with Crippen LogP contribution in [0.1, 0.15) is 11.1 Å². The van der Waals surface area contributed by atoms with Gasteiger partial charge >= 0.3 is 0 Å². The number of aromatic nitrogens is 2. The molecular formula is C14H12N4O2. The van der Waals surface area contributed by atoms with Gasteiger partial charge in [-0.25, -0.2) is 0 Å². The molecule has 0 saturated carbocycles. The molecule has 100 valence electrons. The minimum Gasteiger partial charge on any atom is -0.492 e. The lowest BCUT2D eigenvalue weighted by Crippen LogP contribution is -2.32. The topological polar surface area (TPSA) is 90.8 Å². The van der Waals surface area contributed by atoms with E-state index < -0.39 is 0 Å². The molecule has 1 atom stereocenters. The summed E-state index contributed by atoms with van der Waals surface area (Å²) < 4.78 is 5.58. The second-order valence-electron chi connectivity index (χ2n) is 4.58. The highest BCUT2D eigenvalue weighted by molar-refractivity contribution is 5.93. The number of nitrogens with zero attached hydrogens (tertiary/aromatic N) is 2. The highest BCUT2D eigenvalue weighted by atomic mass is 16.5. The highest BCUT2D eigenvalue weighted by Crippen LogP contribution is 2.27. The third-order valence-electron chi connectivity index (χ3n) is 3.26. The zero-order chi connectivity index (χ0) is 13.9. The number of carbonyl (C=O) groups is 1. The maximum Gasteiger partial charge on any atom is 0.232 e. The number of nitriles is 1. The average Bonchev–Trinajstić information content (AvgIpc) is 2.94. The van der Waals surface area contributed by atoms with Gasteiger partial charge in [0, 0.05) is 0 Å². The van der Waals surface area contributed by atoms with Crippen LogP contribution < -0.4 is 10.1 Å². The number of nitrogens with one attached hydrogen (secondary N) is 2. The number of carbonyl (C=O) groups excluding carboxylic acids is 1. The van der Waals surface area contributed by atoms with Gasteiger partial charge in [0.05, 0.1) is 12.1 Å². The van der Waals surface area contributed by atoms with Crippen LogP contribution in [-0.4, -0.2) is 22.7 Å². The van der Waals surface area contributed by atoms with Gasteiger partial charge in [-0.3, -0.25) is 9.89 Å². The molecule has 6 heteroatoms. The summed E-state index contributed by atoms with van der Waals surface area (Å²) in [4.78, 5) is 12.2. The van der Waals surface area contributed by atoms with Crippen LogP contribution in [0.15, 0.2) is 30.5 Å². The van der Waals surface area contributed by atoms with Crippen LogP contribution in [0.5, 0.6) is 5.75 Å². The van der Waals surface area contributed by atoms with E-state index >= 15 is 0 Å². The van der Waals surface area contributed by atoms with Crippen LogP contribution in [-0.2, 0) is 11.2 Å². The zero-order valence-corrected chi connectivity index (χ0v) is 10.6. The molecule has 2 aromatic rings. The van der Waals surface area contributed by atoms with E-state index in [0.29, 0.717) is 24.4 Å². The minimum absolute atomic E-state index is 0.180. The van der Waals surface area contributed by atoms with Crippen molar-refractivity contribution in [2.24, 2.45) is 5.92 Å². The lowest BCUT2D eigenvalue weighted by Gasteiger charge is -2.24. The van der Waals surface area contributed by atoms with Gasteiger partial charge in [0.1, 0.15) is 29.8 Å². The molecule has 1 amide bonds. The van der Waals surface area contributed by atoms with Crippen LogP contribution >= 0.6 is 0 Å². The number of aromatic amines is 1. The predicted molar refractivity (Wildman–Crippen MR) is 71.1 cm³/mol. The molecule has 1 aliphatic rings. The summed E-state index contributed by atoms with van der Waals surface area (Å²) in [5, 5.41) is 17.9. The molecule has 1 aromatic carbocycles. The van der Waals surface area contributed by atoms with Crippen molar-refractivity contribution in [1.29, 1.82) is 5.26 Å². The molecule has 0 saturated heterocycles. The summed E-state index contributed by atoms with van der Waals surface area (Å²) >= 11 is 0. The number of hydrogen-bond acceptors (Lipinski definition) is 4. The Hall–Kier alpha value is -2.81. The summed E-state index contributed by atoms with van der Waals surface area (Å²) in [7, 11) is 0. The van der Waals surface area contributed by atoms with Gasteiger partial charge in [-0.1, -0.05) is 18.2 Å². The van der Waals surface area contributed by atoms with Crippen LogP contribution in [0.3, 0.4) is 0 Å². The summed E-state index contributed by atoms with van der Waals surface area (Å²) in [5.41, 5.74) is 1.33. The van der Waals surface area contributed by atoms with Crippen LogP contribution in [0.4, 0.5) is 5.82 Å². The molecule has 1 unspecified atom stereocenters. The van der Waals surface area contributed by atoms with Gasteiger partial charge < -0.3 is 10.1 Å². The summed E-state index contributed by atoms with van der Waals surface area (Å²) in [6, 6.07) is 9.63. The second kappa shape index (κ2) is 5.05. The Bertz CT molecular complexity index is 686. The van der Waals surface area contributed by atoms with Crippen LogP contribution in [0, 0.1) is 17.2 Å². The standard InChI is InChI=1S/C14H12N4O2/c15-6-11-7-16-18-13(11)17-14(19)10-5-9-3-1-2-4-12(9)20-8-10/h1-4,7,10H,5,8H2,(H2,16,17,18,19). The van der Waals surface area contributed by atoms with E-state index in [0.717, 1.165) is 11.3 Å². The Balaban J connectivity index is 1.72. The van der Waals surface area contributed by atoms with Gasteiger partial charge in [-0.05, 0) is 18.1 Å². The van der Waals surface area contributed by atoms with Crippen molar-refractivity contribution < 1.29 is 9.53 Å². The number of hydrogen-bond donors (Lipinski definition) is 2. The third kappa shape index (κ3) is 2.21. The second-order valence-corrected chi connectivity index (χ2v) is 4.58. The summed E-state index contributed by atoms with van der Waals surface area (Å²) in [6.45, 7) is 0.332. The molecule has 20 heavy (non-hydrogen) atoms. The smallest absolute Gasteiger partial charge is 0.232 e. The molecule has 0 aliphatic carbocycles. The summed E-state index contributed by atoms with van der Waals surface area (Å²) in [5.74, 6) is 0.701. The number of amides is 1. The van der Waals surface area contributed by atoms with E-state index in [1.165, 1.54) is 6.20 Å². The Morgan fingerprint density at radius 3 is 3.20 bits per heavy atom. The monoisotopic (exact) mass is 268 g/mol. The van der Waals surface area contributed by atoms with Crippen LogP contribution in [0.2, 0.25) is 0 Å². The van der Waals surface area contributed by atoms with Gasteiger partial charge in [0.2, 0.25) is 5.91 Å². The van der Waals surface area contributed by atoms with Crippen molar-refractivity contribution in [3.05, 3.63) is 41.6 Å². The number of rotatable bonds is 2. The fourth-order valence-corrected chi connectivity index (χ4v) is 2.19. The number of fused-ring (bicyclic) bond motifs is 1. The SMILES string of the molecule is N#Cc1cn[nH]c1NC(=O)C1COc2ccccc2C1. The predicted octanol–water partition coefficient (Wildman–Crippen LogP) is 1.47. The average molecular weight is 268 g/mol. The largest absolute Gasteiger partial charge is 0.492 e. The van der Waals surface area contributed by atoms with Gasteiger partial charge in [0.15, 0.2) is 0 Å². The fourth-order valence-electron chi connectivity index (χ4n) is 2.19. The summed E-state index contributed by atoms with van der Waals surface area (Å²) in [6.07, 6.45) is 2.00. The first-order valence-electron chi connectivity index (χ1n) is 6.23. The molecule has 2 heterocycles. The first-order chi connectivity index (χ1) is 9.78. The molecule has 2 N–H and O–H groups in total.